The molecule has 0 aliphatic rings. The molecule has 2 rings (SSSR count). The van der Waals surface area contributed by atoms with Crippen LogP contribution in [0.3, 0.4) is 0 Å². The van der Waals surface area contributed by atoms with Gasteiger partial charge in [-0.2, -0.15) is 0 Å². The van der Waals surface area contributed by atoms with E-state index in [2.05, 4.69) is 10.3 Å². The monoisotopic (exact) mass is 363 g/mol. The van der Waals surface area contributed by atoms with Crippen molar-refractivity contribution in [3.63, 3.8) is 0 Å². The highest BCUT2D eigenvalue weighted by molar-refractivity contribution is 7.92. The van der Waals surface area contributed by atoms with Crippen LogP contribution in [0.1, 0.15) is 38.8 Å². The molecule has 0 aliphatic heterocycles. The second-order valence-corrected chi connectivity index (χ2v) is 9.46. The SMILES string of the molecule is Cc1ccc(C)c(-n2ccnc2S(=O)(=O)[C@H](C)C(=O)NC(C)(C)C)c1. The zero-order valence-electron chi connectivity index (χ0n) is 15.5. The van der Waals surface area contributed by atoms with Crippen LogP contribution < -0.4 is 5.32 Å². The summed E-state index contributed by atoms with van der Waals surface area (Å²) in [5.74, 6) is -0.539. The molecule has 0 fully saturated rings. The third kappa shape index (κ3) is 4.10. The fraction of sp³-hybridized carbons (Fsp3) is 0.444. The predicted octanol–water partition coefficient (Wildman–Crippen LogP) is 2.57. The first-order chi connectivity index (χ1) is 11.4. The lowest BCUT2D eigenvalue weighted by Crippen LogP contribution is -2.47. The molecule has 0 saturated heterocycles. The van der Waals surface area contributed by atoms with Gasteiger partial charge in [-0.3, -0.25) is 9.36 Å². The fourth-order valence-corrected chi connectivity index (χ4v) is 3.73. The van der Waals surface area contributed by atoms with E-state index in [4.69, 9.17) is 0 Å². The van der Waals surface area contributed by atoms with Crippen LogP contribution in [-0.4, -0.2) is 34.7 Å². The summed E-state index contributed by atoms with van der Waals surface area (Å²) in [7, 11) is -3.94. The van der Waals surface area contributed by atoms with Gasteiger partial charge in [0.15, 0.2) is 0 Å². The number of nitrogens with zero attached hydrogens (tertiary/aromatic N) is 2. The zero-order chi connectivity index (χ0) is 19.0. The van der Waals surface area contributed by atoms with E-state index in [-0.39, 0.29) is 5.16 Å². The number of nitrogens with one attached hydrogen (secondary N) is 1. The standard InChI is InChI=1S/C18H25N3O3S/c1-12-7-8-13(2)15(11-12)21-10-9-19-17(21)25(23,24)14(3)16(22)20-18(4,5)6/h7-11,14H,1-6H3,(H,20,22)/t14-/m1/s1. The molecule has 1 aromatic carbocycles. The molecule has 1 heterocycles. The molecule has 1 amide bonds. The van der Waals surface area contributed by atoms with Crippen molar-refractivity contribution in [1.29, 1.82) is 0 Å². The summed E-state index contributed by atoms with van der Waals surface area (Å²) in [6, 6.07) is 5.79. The summed E-state index contributed by atoms with van der Waals surface area (Å²) in [6.45, 7) is 10.6. The number of carbonyl (C=O) groups is 1. The number of amides is 1. The minimum atomic E-state index is -3.94. The molecule has 25 heavy (non-hydrogen) atoms. The predicted molar refractivity (Wildman–Crippen MR) is 97.6 cm³/mol. The smallest absolute Gasteiger partial charge is 0.238 e. The van der Waals surface area contributed by atoms with Crippen LogP contribution in [-0.2, 0) is 14.6 Å². The first-order valence-electron chi connectivity index (χ1n) is 8.10. The zero-order valence-corrected chi connectivity index (χ0v) is 16.3. The molecule has 0 unspecified atom stereocenters. The van der Waals surface area contributed by atoms with Gasteiger partial charge in [-0.1, -0.05) is 12.1 Å². The first-order valence-corrected chi connectivity index (χ1v) is 9.65. The van der Waals surface area contributed by atoms with Crippen LogP contribution >= 0.6 is 0 Å². The summed E-state index contributed by atoms with van der Waals surface area (Å²) >= 11 is 0. The molecule has 6 nitrogen and oxygen atoms in total. The highest BCUT2D eigenvalue weighted by Gasteiger charge is 2.35. The molecule has 0 bridgehead atoms. The maximum absolute atomic E-state index is 13.0. The van der Waals surface area contributed by atoms with Crippen LogP contribution in [0.5, 0.6) is 0 Å². The number of hydrogen-bond donors (Lipinski definition) is 1. The van der Waals surface area contributed by atoms with Crippen molar-refractivity contribution in [3.8, 4) is 5.69 Å². The summed E-state index contributed by atoms with van der Waals surface area (Å²) in [5, 5.41) is 1.35. The van der Waals surface area contributed by atoms with Crippen LogP contribution in [0, 0.1) is 13.8 Å². The number of hydrogen-bond acceptors (Lipinski definition) is 4. The van der Waals surface area contributed by atoms with Crippen molar-refractivity contribution >= 4 is 15.7 Å². The highest BCUT2D eigenvalue weighted by Crippen LogP contribution is 2.23. The second kappa shape index (κ2) is 6.63. The minimum Gasteiger partial charge on any atom is -0.350 e. The Morgan fingerprint density at radius 2 is 1.88 bits per heavy atom. The Kier molecular flexibility index (Phi) is 5.09. The molecular formula is C18H25N3O3S. The number of imidazole rings is 1. The molecule has 0 spiro atoms. The lowest BCUT2D eigenvalue weighted by Gasteiger charge is -2.23. The summed E-state index contributed by atoms with van der Waals surface area (Å²) in [6.07, 6.45) is 3.03. The molecule has 0 saturated carbocycles. The van der Waals surface area contributed by atoms with Gasteiger partial charge in [-0.25, -0.2) is 13.4 Å². The average molecular weight is 363 g/mol. The van der Waals surface area contributed by atoms with Gasteiger partial charge in [0, 0.05) is 17.9 Å². The largest absolute Gasteiger partial charge is 0.350 e. The van der Waals surface area contributed by atoms with E-state index in [1.807, 2.05) is 32.0 Å². The molecule has 1 aromatic heterocycles. The number of benzene rings is 1. The van der Waals surface area contributed by atoms with Gasteiger partial charge in [0.25, 0.3) is 0 Å². The topological polar surface area (TPSA) is 81.1 Å². The van der Waals surface area contributed by atoms with Crippen molar-refractivity contribution in [1.82, 2.24) is 14.9 Å². The van der Waals surface area contributed by atoms with Crippen molar-refractivity contribution in [2.24, 2.45) is 0 Å². The van der Waals surface area contributed by atoms with Crippen molar-refractivity contribution in [2.45, 2.75) is 57.5 Å². The van der Waals surface area contributed by atoms with Gasteiger partial charge in [0.05, 0.1) is 5.69 Å². The van der Waals surface area contributed by atoms with Gasteiger partial charge in [-0.05, 0) is 58.7 Å². The van der Waals surface area contributed by atoms with Gasteiger partial charge in [0.1, 0.15) is 5.25 Å². The molecule has 1 N–H and O–H groups in total. The number of sulfone groups is 1. The molecule has 7 heteroatoms. The Hall–Kier alpha value is -2.15. The average Bonchev–Trinajstić information content (AvgIpc) is 2.97. The maximum Gasteiger partial charge on any atom is 0.238 e. The van der Waals surface area contributed by atoms with Crippen molar-refractivity contribution in [3.05, 3.63) is 41.7 Å². The van der Waals surface area contributed by atoms with Gasteiger partial charge < -0.3 is 5.32 Å². The van der Waals surface area contributed by atoms with Gasteiger partial charge in [0.2, 0.25) is 20.9 Å². The van der Waals surface area contributed by atoms with E-state index >= 15 is 0 Å². The Morgan fingerprint density at radius 3 is 2.48 bits per heavy atom. The Labute approximate surface area is 149 Å². The maximum atomic E-state index is 13.0. The van der Waals surface area contributed by atoms with Gasteiger partial charge >= 0.3 is 0 Å². The highest BCUT2D eigenvalue weighted by atomic mass is 32.2. The van der Waals surface area contributed by atoms with Crippen molar-refractivity contribution in [2.75, 3.05) is 0 Å². The Bertz CT molecular complexity index is 893. The van der Waals surface area contributed by atoms with E-state index < -0.39 is 26.5 Å². The first kappa shape index (κ1) is 19.2. The quantitative estimate of drug-likeness (QED) is 0.905. The van der Waals surface area contributed by atoms with E-state index in [1.54, 1.807) is 27.0 Å². The number of aromatic nitrogens is 2. The van der Waals surface area contributed by atoms with E-state index in [0.29, 0.717) is 0 Å². The summed E-state index contributed by atoms with van der Waals surface area (Å²) < 4.78 is 27.5. The van der Waals surface area contributed by atoms with Crippen LogP contribution in [0.2, 0.25) is 0 Å². The van der Waals surface area contributed by atoms with E-state index in [1.165, 1.54) is 17.7 Å². The van der Waals surface area contributed by atoms with Crippen LogP contribution in [0.4, 0.5) is 0 Å². The lowest BCUT2D eigenvalue weighted by atomic mass is 10.1. The Balaban J connectivity index is 2.47. The third-order valence-corrected chi connectivity index (χ3v) is 5.77. The summed E-state index contributed by atoms with van der Waals surface area (Å²) in [4.78, 5) is 16.4. The molecule has 0 aliphatic carbocycles. The molecule has 2 aromatic rings. The fourth-order valence-electron chi connectivity index (χ4n) is 2.43. The third-order valence-electron chi connectivity index (χ3n) is 3.82. The van der Waals surface area contributed by atoms with E-state index in [0.717, 1.165) is 16.8 Å². The van der Waals surface area contributed by atoms with Gasteiger partial charge in [-0.15, -0.1) is 0 Å². The van der Waals surface area contributed by atoms with E-state index in [9.17, 15) is 13.2 Å². The van der Waals surface area contributed by atoms with Crippen LogP contribution in [0.25, 0.3) is 5.69 Å². The molecule has 136 valence electrons. The summed E-state index contributed by atoms with van der Waals surface area (Å²) in [5.41, 5.74) is 2.16. The number of rotatable bonds is 4. The Morgan fingerprint density at radius 1 is 1.24 bits per heavy atom. The lowest BCUT2D eigenvalue weighted by molar-refractivity contribution is -0.121. The van der Waals surface area contributed by atoms with Crippen molar-refractivity contribution < 1.29 is 13.2 Å². The normalized spacial score (nSPS) is 13.5. The molecule has 1 atom stereocenters. The molecular weight excluding hydrogens is 338 g/mol. The second-order valence-electron chi connectivity index (χ2n) is 7.30. The minimum absolute atomic E-state index is 0.127. The molecule has 0 radical (unpaired) electrons. The number of carbonyl (C=O) groups excluding carboxylic acids is 1. The van der Waals surface area contributed by atoms with Crippen LogP contribution in [0.15, 0.2) is 35.7 Å². The number of aryl methyl sites for hydroxylation is 2.